The van der Waals surface area contributed by atoms with Crippen LogP contribution in [0.2, 0.25) is 0 Å². The number of para-hydroxylation sites is 1. The third kappa shape index (κ3) is 7.00. The van der Waals surface area contributed by atoms with Crippen molar-refractivity contribution in [3.05, 3.63) is 94.9 Å². The van der Waals surface area contributed by atoms with Gasteiger partial charge in [-0.1, -0.05) is 30.3 Å². The van der Waals surface area contributed by atoms with E-state index >= 15 is 0 Å². The van der Waals surface area contributed by atoms with Crippen molar-refractivity contribution in [3.63, 3.8) is 0 Å². The molecule has 0 radical (unpaired) electrons. The van der Waals surface area contributed by atoms with Crippen molar-refractivity contribution in [2.75, 3.05) is 32.1 Å². The van der Waals surface area contributed by atoms with Gasteiger partial charge in [-0.05, 0) is 72.9 Å². The number of amides is 5. The van der Waals surface area contributed by atoms with Crippen LogP contribution in [0.15, 0.2) is 72.4 Å². The van der Waals surface area contributed by atoms with Gasteiger partial charge in [0, 0.05) is 18.7 Å². The number of methoxy groups -OCH3 is 1. The average molecular weight is 587 g/mol. The second kappa shape index (κ2) is 13.2. The summed E-state index contributed by atoms with van der Waals surface area (Å²) in [7, 11) is 1.48. The smallest absolute Gasteiger partial charge is 0.329 e. The van der Waals surface area contributed by atoms with Crippen LogP contribution in [0.5, 0.6) is 11.5 Å². The Labute approximate surface area is 248 Å². The number of benzene rings is 3. The van der Waals surface area contributed by atoms with E-state index in [1.807, 2.05) is 29.2 Å². The van der Waals surface area contributed by atoms with Crippen molar-refractivity contribution in [1.29, 1.82) is 0 Å². The van der Waals surface area contributed by atoms with Gasteiger partial charge in [0.2, 0.25) is 5.91 Å². The molecule has 0 bridgehead atoms. The number of piperidine rings is 1. The predicted octanol–water partition coefficient (Wildman–Crippen LogP) is 4.57. The molecule has 2 aliphatic heterocycles. The normalized spacial score (nSPS) is 15.8. The van der Waals surface area contributed by atoms with E-state index < -0.39 is 30.2 Å². The first kappa shape index (κ1) is 29.3. The quantitative estimate of drug-likeness (QED) is 0.280. The van der Waals surface area contributed by atoms with Gasteiger partial charge in [0.15, 0.2) is 11.5 Å². The lowest BCUT2D eigenvalue weighted by atomic mass is 10.1. The number of nitrogens with one attached hydrogen (secondary N) is 2. The summed E-state index contributed by atoms with van der Waals surface area (Å²) >= 11 is 0. The number of anilines is 1. The maximum atomic E-state index is 13.8. The summed E-state index contributed by atoms with van der Waals surface area (Å²) in [6, 6.07) is 17.2. The Morgan fingerprint density at radius 2 is 1.72 bits per heavy atom. The molecule has 2 heterocycles. The molecule has 2 saturated heterocycles. The zero-order valence-corrected chi connectivity index (χ0v) is 23.6. The highest BCUT2D eigenvalue weighted by Gasteiger charge is 2.35. The molecular weight excluding hydrogens is 555 g/mol. The molecule has 5 rings (SSSR count). The highest BCUT2D eigenvalue weighted by atomic mass is 19.1. The Bertz CT molecular complexity index is 1570. The molecule has 10 nitrogen and oxygen atoms in total. The van der Waals surface area contributed by atoms with Crippen LogP contribution in [0.1, 0.15) is 40.7 Å². The summed E-state index contributed by atoms with van der Waals surface area (Å²) in [5, 5.41) is 4.81. The van der Waals surface area contributed by atoms with E-state index in [2.05, 4.69) is 10.6 Å². The first-order chi connectivity index (χ1) is 20.8. The summed E-state index contributed by atoms with van der Waals surface area (Å²) in [5.74, 6) is -1.14. The van der Waals surface area contributed by atoms with Crippen LogP contribution in [0.4, 0.5) is 14.9 Å². The van der Waals surface area contributed by atoms with Crippen LogP contribution < -0.4 is 20.1 Å². The molecule has 3 aromatic carbocycles. The third-order valence-corrected chi connectivity index (χ3v) is 7.15. The fourth-order valence-electron chi connectivity index (χ4n) is 4.86. The molecule has 2 fully saturated rings. The van der Waals surface area contributed by atoms with Gasteiger partial charge in [0.1, 0.15) is 24.7 Å². The van der Waals surface area contributed by atoms with Crippen molar-refractivity contribution < 1.29 is 33.0 Å². The van der Waals surface area contributed by atoms with Gasteiger partial charge in [0.05, 0.1) is 12.8 Å². The highest BCUT2D eigenvalue weighted by molar-refractivity contribution is 6.16. The number of nitrogens with zero attached hydrogens (tertiary/aromatic N) is 2. The molecule has 43 heavy (non-hydrogen) atoms. The Balaban J connectivity index is 1.19. The first-order valence-corrected chi connectivity index (χ1v) is 13.9. The van der Waals surface area contributed by atoms with Crippen LogP contribution in [0, 0.1) is 5.82 Å². The zero-order valence-electron chi connectivity index (χ0n) is 23.6. The van der Waals surface area contributed by atoms with E-state index in [0.29, 0.717) is 22.6 Å². The van der Waals surface area contributed by atoms with Crippen LogP contribution in [0.3, 0.4) is 0 Å². The van der Waals surface area contributed by atoms with Crippen LogP contribution in [0.25, 0.3) is 6.08 Å². The first-order valence-electron chi connectivity index (χ1n) is 13.9. The maximum absolute atomic E-state index is 13.8. The number of carbonyl (C=O) groups excluding carboxylic acids is 4. The highest BCUT2D eigenvalue weighted by Crippen LogP contribution is 2.30. The van der Waals surface area contributed by atoms with Crippen LogP contribution in [-0.2, 0) is 16.2 Å². The molecule has 0 aromatic heterocycles. The molecule has 0 saturated carbocycles. The van der Waals surface area contributed by atoms with E-state index in [-0.39, 0.29) is 23.9 Å². The number of hydrogen-bond donors (Lipinski definition) is 2. The van der Waals surface area contributed by atoms with Crippen LogP contribution in [-0.4, -0.2) is 60.3 Å². The lowest BCUT2D eigenvalue weighted by Crippen LogP contribution is -2.38. The predicted molar refractivity (Wildman–Crippen MR) is 157 cm³/mol. The second-order valence-corrected chi connectivity index (χ2v) is 10.2. The Kier molecular flexibility index (Phi) is 8.99. The number of hydrogen-bond acceptors (Lipinski definition) is 6. The standard InChI is InChI=1S/C32H31FN4O6/c1-42-28-18-22(17-26-31(40)37(32(41)35-26)19-29(38)34-25-8-4-3-7-24(25)33)11-14-27(28)43-20-21-9-12-23(13-10-21)30(39)36-15-5-2-6-16-36/h3-4,7-14,17-18H,2,5-6,15-16,19-20H2,1H3,(H,34,38)(H,35,41)/b26-17-. The molecule has 3 aromatic rings. The summed E-state index contributed by atoms with van der Waals surface area (Å²) in [6.07, 6.45) is 4.69. The number of ether oxygens (including phenoxy) is 2. The minimum atomic E-state index is -0.768. The Hall–Kier alpha value is -5.19. The molecule has 0 atom stereocenters. The number of halogens is 1. The summed E-state index contributed by atoms with van der Waals surface area (Å²) < 4.78 is 25.3. The lowest BCUT2D eigenvalue weighted by Gasteiger charge is -2.26. The fourth-order valence-corrected chi connectivity index (χ4v) is 4.86. The van der Waals surface area contributed by atoms with Crippen molar-refractivity contribution >= 4 is 35.5 Å². The number of rotatable bonds is 9. The maximum Gasteiger partial charge on any atom is 0.329 e. The molecule has 2 N–H and O–H groups in total. The summed E-state index contributed by atoms with van der Waals surface area (Å²) in [6.45, 7) is 1.25. The topological polar surface area (TPSA) is 117 Å². The molecule has 5 amide bonds. The van der Waals surface area contributed by atoms with E-state index in [9.17, 15) is 23.6 Å². The Morgan fingerprint density at radius 1 is 0.977 bits per heavy atom. The molecule has 0 spiro atoms. The molecule has 222 valence electrons. The molecule has 0 aliphatic carbocycles. The van der Waals surface area contributed by atoms with Crippen LogP contribution >= 0.6 is 0 Å². The number of carbonyl (C=O) groups is 4. The summed E-state index contributed by atoms with van der Waals surface area (Å²) in [4.78, 5) is 53.0. The van der Waals surface area contributed by atoms with Crippen molar-refractivity contribution in [1.82, 2.24) is 15.1 Å². The second-order valence-electron chi connectivity index (χ2n) is 10.2. The zero-order chi connectivity index (χ0) is 30.3. The average Bonchev–Trinajstić information content (AvgIpc) is 3.28. The third-order valence-electron chi connectivity index (χ3n) is 7.15. The minimum Gasteiger partial charge on any atom is -0.493 e. The summed E-state index contributed by atoms with van der Waals surface area (Å²) in [5.41, 5.74) is 2.00. The van der Waals surface area contributed by atoms with Gasteiger partial charge < -0.3 is 25.0 Å². The van der Waals surface area contributed by atoms with E-state index in [0.717, 1.165) is 42.8 Å². The Morgan fingerprint density at radius 3 is 2.44 bits per heavy atom. The van der Waals surface area contributed by atoms with E-state index in [1.54, 1.807) is 24.3 Å². The minimum absolute atomic E-state index is 0.0291. The fraction of sp³-hybridized carbons (Fsp3) is 0.250. The molecule has 0 unspecified atom stereocenters. The van der Waals surface area contributed by atoms with Gasteiger partial charge in [-0.15, -0.1) is 0 Å². The van der Waals surface area contributed by atoms with Crippen molar-refractivity contribution in [2.45, 2.75) is 25.9 Å². The van der Waals surface area contributed by atoms with Crippen molar-refractivity contribution in [2.24, 2.45) is 0 Å². The number of imide groups is 1. The molecule has 11 heteroatoms. The van der Waals surface area contributed by atoms with Gasteiger partial charge in [-0.3, -0.25) is 14.4 Å². The monoisotopic (exact) mass is 586 g/mol. The van der Waals surface area contributed by atoms with Crippen molar-refractivity contribution in [3.8, 4) is 11.5 Å². The number of urea groups is 1. The van der Waals surface area contributed by atoms with E-state index in [1.165, 1.54) is 31.4 Å². The lowest BCUT2D eigenvalue weighted by molar-refractivity contribution is -0.127. The van der Waals surface area contributed by atoms with Gasteiger partial charge in [0.25, 0.3) is 11.8 Å². The number of likely N-dealkylation sites (tertiary alicyclic amines) is 1. The molecular formula is C32H31FN4O6. The largest absolute Gasteiger partial charge is 0.493 e. The SMILES string of the molecule is COc1cc(/C=C2\NC(=O)N(CC(=O)Nc3ccccc3F)C2=O)ccc1OCc1ccc(C(=O)N2CCCCC2)cc1. The molecule has 2 aliphatic rings. The van der Waals surface area contributed by atoms with Gasteiger partial charge in [-0.25, -0.2) is 14.1 Å². The van der Waals surface area contributed by atoms with Gasteiger partial charge >= 0.3 is 6.03 Å². The van der Waals surface area contributed by atoms with Gasteiger partial charge in [-0.2, -0.15) is 0 Å². The van der Waals surface area contributed by atoms with E-state index in [4.69, 9.17) is 9.47 Å².